The van der Waals surface area contributed by atoms with Crippen molar-refractivity contribution in [2.45, 2.75) is 54.4 Å². The SMILES string of the molecule is O=C(O)[C@H](O)[C@](O)(C1O[C@H](CO)[C@H](O)[C@H](O)[C@H]1O)[C@H](O)[C@H](O)CO. The van der Waals surface area contributed by atoms with Crippen molar-refractivity contribution in [3.63, 3.8) is 0 Å². The Balaban J connectivity index is 3.34. The van der Waals surface area contributed by atoms with Gasteiger partial charge in [-0.1, -0.05) is 0 Å². The molecule has 24 heavy (non-hydrogen) atoms. The van der Waals surface area contributed by atoms with E-state index in [2.05, 4.69) is 0 Å². The van der Waals surface area contributed by atoms with E-state index in [0.717, 1.165) is 0 Å². The van der Waals surface area contributed by atoms with Gasteiger partial charge in [0.1, 0.15) is 42.7 Å². The second kappa shape index (κ2) is 7.97. The first kappa shape index (κ1) is 21.1. The van der Waals surface area contributed by atoms with E-state index >= 15 is 0 Å². The van der Waals surface area contributed by atoms with Crippen LogP contribution in [0.15, 0.2) is 0 Å². The second-order valence-corrected chi connectivity index (χ2v) is 5.57. The minimum Gasteiger partial charge on any atom is -0.479 e. The Kier molecular flexibility index (Phi) is 7.01. The molecular formula is C12H22O12. The first-order valence-electron chi connectivity index (χ1n) is 6.94. The highest BCUT2D eigenvalue weighted by atomic mass is 16.6. The number of hydrogen-bond acceptors (Lipinski definition) is 11. The van der Waals surface area contributed by atoms with Gasteiger partial charge in [0.05, 0.1) is 13.2 Å². The molecule has 0 radical (unpaired) electrons. The van der Waals surface area contributed by atoms with Crippen LogP contribution in [0, 0.1) is 0 Å². The second-order valence-electron chi connectivity index (χ2n) is 5.57. The van der Waals surface area contributed by atoms with Gasteiger partial charge in [0.25, 0.3) is 0 Å². The summed E-state index contributed by atoms with van der Waals surface area (Å²) in [7, 11) is 0. The monoisotopic (exact) mass is 358 g/mol. The summed E-state index contributed by atoms with van der Waals surface area (Å²) in [5.74, 6) is -2.07. The molecule has 1 heterocycles. The summed E-state index contributed by atoms with van der Waals surface area (Å²) < 4.78 is 4.95. The number of ether oxygens (including phenoxy) is 1. The fourth-order valence-electron chi connectivity index (χ4n) is 2.58. The molecule has 0 saturated carbocycles. The number of aliphatic hydroxyl groups is 9. The molecule has 0 aromatic carbocycles. The molecule has 1 unspecified atom stereocenters. The van der Waals surface area contributed by atoms with Crippen molar-refractivity contribution in [3.8, 4) is 0 Å². The van der Waals surface area contributed by atoms with Crippen molar-refractivity contribution < 1.29 is 60.6 Å². The van der Waals surface area contributed by atoms with Crippen LogP contribution in [0.25, 0.3) is 0 Å². The lowest BCUT2D eigenvalue weighted by molar-refractivity contribution is -0.308. The maximum Gasteiger partial charge on any atom is 0.335 e. The Bertz CT molecular complexity index is 430. The topological polar surface area (TPSA) is 229 Å². The molecule has 142 valence electrons. The van der Waals surface area contributed by atoms with Crippen LogP contribution in [0.2, 0.25) is 0 Å². The molecular weight excluding hydrogens is 336 g/mol. The summed E-state index contributed by atoms with van der Waals surface area (Å²) in [5.41, 5.74) is -3.30. The van der Waals surface area contributed by atoms with Gasteiger partial charge in [-0.2, -0.15) is 0 Å². The van der Waals surface area contributed by atoms with E-state index in [0.29, 0.717) is 0 Å². The normalized spacial score (nSPS) is 37.3. The van der Waals surface area contributed by atoms with Crippen LogP contribution in [-0.2, 0) is 9.53 Å². The Morgan fingerprint density at radius 2 is 1.58 bits per heavy atom. The molecule has 0 spiro atoms. The van der Waals surface area contributed by atoms with Gasteiger partial charge in [-0.05, 0) is 0 Å². The van der Waals surface area contributed by atoms with Gasteiger partial charge in [0.15, 0.2) is 11.7 Å². The van der Waals surface area contributed by atoms with Crippen molar-refractivity contribution in [2.75, 3.05) is 13.2 Å². The van der Waals surface area contributed by atoms with E-state index in [4.69, 9.17) is 20.1 Å². The lowest BCUT2D eigenvalue weighted by Gasteiger charge is -2.49. The molecule has 0 aromatic heterocycles. The van der Waals surface area contributed by atoms with Crippen LogP contribution >= 0.6 is 0 Å². The van der Waals surface area contributed by atoms with E-state index in [-0.39, 0.29) is 0 Å². The summed E-state index contributed by atoms with van der Waals surface area (Å²) in [6.45, 7) is -2.06. The minimum absolute atomic E-state index is 0.917. The number of aliphatic carboxylic acids is 1. The molecule has 1 aliphatic heterocycles. The third-order valence-electron chi connectivity index (χ3n) is 4.05. The standard InChI is InChI=1S/C12H22O12/c13-1-3(15)8(19)12(23,9(20)11(21)22)10-7(18)6(17)5(16)4(2-14)24-10/h3-10,13-20,23H,1-2H2,(H,21,22)/t3-,4-,5+,6+,7-,8-,9+,10?,12+/m1/s1. The highest BCUT2D eigenvalue weighted by molar-refractivity contribution is 5.74. The van der Waals surface area contributed by atoms with E-state index in [1.54, 1.807) is 0 Å². The number of carboxylic acid groups (broad SMARTS) is 1. The molecule has 0 bridgehead atoms. The van der Waals surface area contributed by atoms with Crippen LogP contribution in [0.3, 0.4) is 0 Å². The van der Waals surface area contributed by atoms with Gasteiger partial charge in [0, 0.05) is 0 Å². The quantitative estimate of drug-likeness (QED) is 0.205. The largest absolute Gasteiger partial charge is 0.479 e. The van der Waals surface area contributed by atoms with Gasteiger partial charge in [-0.3, -0.25) is 0 Å². The molecule has 1 aliphatic rings. The first-order valence-corrected chi connectivity index (χ1v) is 6.94. The van der Waals surface area contributed by atoms with Gasteiger partial charge in [-0.15, -0.1) is 0 Å². The smallest absolute Gasteiger partial charge is 0.335 e. The summed E-state index contributed by atoms with van der Waals surface area (Å²) in [5, 5.41) is 95.9. The third kappa shape index (κ3) is 3.52. The van der Waals surface area contributed by atoms with Gasteiger partial charge in [0.2, 0.25) is 0 Å². The zero-order chi connectivity index (χ0) is 18.8. The average Bonchev–Trinajstić information content (AvgIpc) is 2.57. The Labute approximate surface area is 135 Å². The molecule has 12 heteroatoms. The number of aliphatic hydroxyl groups excluding tert-OH is 8. The Hall–Kier alpha value is -0.930. The number of rotatable bonds is 7. The van der Waals surface area contributed by atoms with Crippen molar-refractivity contribution in [1.29, 1.82) is 0 Å². The van der Waals surface area contributed by atoms with E-state index in [1.807, 2.05) is 0 Å². The van der Waals surface area contributed by atoms with Gasteiger partial charge >= 0.3 is 5.97 Å². The third-order valence-corrected chi connectivity index (χ3v) is 4.05. The number of hydrogen-bond donors (Lipinski definition) is 10. The number of carboxylic acids is 1. The lowest BCUT2D eigenvalue weighted by atomic mass is 9.76. The fraction of sp³-hybridized carbons (Fsp3) is 0.917. The van der Waals surface area contributed by atoms with Crippen LogP contribution in [-0.4, -0.2) is 125 Å². The van der Waals surface area contributed by atoms with Crippen LogP contribution in [0.4, 0.5) is 0 Å². The zero-order valence-electron chi connectivity index (χ0n) is 12.3. The predicted molar refractivity (Wildman–Crippen MR) is 71.5 cm³/mol. The molecule has 12 nitrogen and oxygen atoms in total. The number of carbonyl (C=O) groups is 1. The summed E-state index contributed by atoms with van der Waals surface area (Å²) >= 11 is 0. The highest BCUT2D eigenvalue weighted by Crippen LogP contribution is 2.34. The first-order chi connectivity index (χ1) is 11.0. The lowest BCUT2D eigenvalue weighted by Crippen LogP contribution is -2.74. The van der Waals surface area contributed by atoms with E-state index in [9.17, 15) is 40.5 Å². The molecule has 1 saturated heterocycles. The molecule has 1 rings (SSSR count). The van der Waals surface area contributed by atoms with Crippen molar-refractivity contribution >= 4 is 5.97 Å². The van der Waals surface area contributed by atoms with Crippen LogP contribution in [0.5, 0.6) is 0 Å². The molecule has 0 amide bonds. The van der Waals surface area contributed by atoms with E-state index < -0.39 is 73.6 Å². The molecule has 1 fully saturated rings. The maximum absolute atomic E-state index is 11.0. The summed E-state index contributed by atoms with van der Waals surface area (Å²) in [6.07, 6.45) is -17.4. The van der Waals surface area contributed by atoms with Crippen LogP contribution < -0.4 is 0 Å². The van der Waals surface area contributed by atoms with Crippen molar-refractivity contribution in [2.24, 2.45) is 0 Å². The molecule has 10 N–H and O–H groups in total. The fourth-order valence-corrected chi connectivity index (χ4v) is 2.58. The van der Waals surface area contributed by atoms with Crippen molar-refractivity contribution in [3.05, 3.63) is 0 Å². The average molecular weight is 358 g/mol. The summed E-state index contributed by atoms with van der Waals surface area (Å²) in [6, 6.07) is 0. The zero-order valence-corrected chi connectivity index (χ0v) is 12.3. The van der Waals surface area contributed by atoms with Crippen molar-refractivity contribution in [1.82, 2.24) is 0 Å². The maximum atomic E-state index is 11.0. The molecule has 0 aromatic rings. The Morgan fingerprint density at radius 1 is 1.04 bits per heavy atom. The summed E-state index contributed by atoms with van der Waals surface area (Å²) in [4.78, 5) is 11.0. The molecule has 9 atom stereocenters. The van der Waals surface area contributed by atoms with Crippen LogP contribution in [0.1, 0.15) is 0 Å². The Morgan fingerprint density at radius 3 is 2.00 bits per heavy atom. The molecule has 0 aliphatic carbocycles. The van der Waals surface area contributed by atoms with E-state index in [1.165, 1.54) is 0 Å². The highest BCUT2D eigenvalue weighted by Gasteiger charge is 2.61. The van der Waals surface area contributed by atoms with Gasteiger partial charge in [-0.25, -0.2) is 4.79 Å². The van der Waals surface area contributed by atoms with Gasteiger partial charge < -0.3 is 55.8 Å². The predicted octanol–water partition coefficient (Wildman–Crippen LogP) is -6.28. The minimum atomic E-state index is -3.30.